The van der Waals surface area contributed by atoms with Crippen molar-refractivity contribution in [1.82, 2.24) is 24.9 Å². The number of hydrogen-bond donors (Lipinski definition) is 0. The number of aromatic nitrogens is 4. The van der Waals surface area contributed by atoms with Crippen LogP contribution in [0.1, 0.15) is 81.8 Å². The maximum atomic E-state index is 14.2. The van der Waals surface area contributed by atoms with Gasteiger partial charge in [-0.1, -0.05) is 35.0 Å². The number of ether oxygens (including phenoxy) is 3. The van der Waals surface area contributed by atoms with E-state index in [1.807, 2.05) is 43.4 Å². The molecule has 1 aliphatic heterocycles. The Kier molecular flexibility index (Phi) is 12.3. The van der Waals surface area contributed by atoms with Gasteiger partial charge in [0.25, 0.3) is 17.7 Å². The molecule has 0 bridgehead atoms. The van der Waals surface area contributed by atoms with Crippen LogP contribution < -0.4 is 19.4 Å². The number of anilines is 3. The number of benzene rings is 2. The number of hydrogen-bond acceptors (Lipinski definition) is 10. The second kappa shape index (κ2) is 18.0. The topological polar surface area (TPSA) is 135 Å². The molecule has 14 heteroatoms. The lowest BCUT2D eigenvalue weighted by atomic mass is 10.0. The molecule has 0 atom stereocenters. The third-order valence-corrected chi connectivity index (χ3v) is 11.9. The van der Waals surface area contributed by atoms with Crippen molar-refractivity contribution in [2.75, 3.05) is 76.3 Å². The molecule has 0 N–H and O–H groups in total. The molecule has 2 aromatic heterocycles. The van der Waals surface area contributed by atoms with Gasteiger partial charge in [0.05, 0.1) is 48.6 Å². The normalized spacial score (nSPS) is 16.4. The predicted octanol–water partition coefficient (Wildman–Crippen LogP) is 5.36. The molecule has 4 aromatic rings. The SMILES string of the molecule is Cc1nc(OCC(=O)N(C)C)ccc1C(=O)N(C)c1cc(C#CC2CC2)ccc1CCN(C)c1cc(C#CC2CC2)ccc1N(C)C(=O)c1cn(CC2OCC3(CC3)CO2)nn1. The Morgan fingerprint density at radius 2 is 1.47 bits per heavy atom. The van der Waals surface area contributed by atoms with Crippen LogP contribution in [-0.2, 0) is 27.2 Å². The van der Waals surface area contributed by atoms with Crippen LogP contribution in [0, 0.1) is 47.9 Å². The number of aryl methyl sites for hydroxylation is 1. The summed E-state index contributed by atoms with van der Waals surface area (Å²) in [6.07, 6.45) is 8.51. The van der Waals surface area contributed by atoms with E-state index in [0.717, 1.165) is 66.6 Å². The van der Waals surface area contributed by atoms with E-state index in [2.05, 4.69) is 43.9 Å². The highest BCUT2D eigenvalue weighted by molar-refractivity contribution is 6.07. The average Bonchev–Trinajstić information content (AvgIpc) is 4.21. The summed E-state index contributed by atoms with van der Waals surface area (Å²) in [7, 11) is 8.82. The largest absolute Gasteiger partial charge is 0.468 e. The fraction of sp³-hybridized carbons (Fsp3) is 0.458. The van der Waals surface area contributed by atoms with Crippen molar-refractivity contribution in [2.24, 2.45) is 17.3 Å². The van der Waals surface area contributed by atoms with Crippen LogP contribution in [-0.4, -0.2) is 110 Å². The highest BCUT2D eigenvalue weighted by Crippen LogP contribution is 2.48. The number of pyridine rings is 1. The summed E-state index contributed by atoms with van der Waals surface area (Å²) in [5.41, 5.74) is 6.20. The lowest BCUT2D eigenvalue weighted by molar-refractivity contribution is -0.213. The van der Waals surface area contributed by atoms with Gasteiger partial charge in [0.2, 0.25) is 5.88 Å². The van der Waals surface area contributed by atoms with Gasteiger partial charge in [-0.15, -0.1) is 5.10 Å². The van der Waals surface area contributed by atoms with Gasteiger partial charge >= 0.3 is 0 Å². The molecule has 0 radical (unpaired) electrons. The van der Waals surface area contributed by atoms with E-state index in [-0.39, 0.29) is 41.3 Å². The monoisotopic (exact) mass is 838 g/mol. The molecule has 3 saturated carbocycles. The van der Waals surface area contributed by atoms with Crippen LogP contribution in [0.4, 0.5) is 17.1 Å². The van der Waals surface area contributed by atoms with Crippen molar-refractivity contribution in [3.8, 4) is 29.6 Å². The first kappa shape index (κ1) is 42.5. The summed E-state index contributed by atoms with van der Waals surface area (Å²) < 4.78 is 19.1. The highest BCUT2D eigenvalue weighted by atomic mass is 16.7. The highest BCUT2D eigenvalue weighted by Gasteiger charge is 2.47. The zero-order chi connectivity index (χ0) is 43.5. The van der Waals surface area contributed by atoms with Gasteiger partial charge in [0.15, 0.2) is 18.6 Å². The molecule has 2 aromatic carbocycles. The number of likely N-dealkylation sites (N-methyl/N-ethyl adjacent to an activating group) is 2. The fourth-order valence-electron chi connectivity index (χ4n) is 7.11. The first-order chi connectivity index (χ1) is 29.8. The number of amides is 3. The van der Waals surface area contributed by atoms with Crippen LogP contribution >= 0.6 is 0 Å². The van der Waals surface area contributed by atoms with Gasteiger partial charge in [-0.3, -0.25) is 14.4 Å². The molecule has 1 saturated heterocycles. The Balaban J connectivity index is 1.01. The van der Waals surface area contributed by atoms with Gasteiger partial charge in [-0.2, -0.15) is 0 Å². The summed E-state index contributed by atoms with van der Waals surface area (Å²) in [6, 6.07) is 15.2. The molecule has 14 nitrogen and oxygen atoms in total. The fourth-order valence-corrected chi connectivity index (χ4v) is 7.11. The average molecular weight is 839 g/mol. The standard InChI is InChI=1S/C48H54N8O6/c1-32-38(18-20-43(49-32)60-29-44(57)52(2)3)46(58)55(6)41-25-35(13-11-33-7-8-33)15-17-37(41)21-24-53(4)42-26-36(14-12-34-9-10-34)16-19-40(42)54(5)47(59)39-27-56(51-50-39)28-45-61-30-48(22-23-48)31-62-45/h15-20,25-27,33-34,45H,7-10,21-24,28-31H2,1-6H3. The predicted molar refractivity (Wildman–Crippen MR) is 235 cm³/mol. The molecular weight excluding hydrogens is 785 g/mol. The van der Waals surface area contributed by atoms with Gasteiger partial charge in [-0.25, -0.2) is 9.67 Å². The zero-order valence-corrected chi connectivity index (χ0v) is 36.4. The molecule has 3 amide bonds. The van der Waals surface area contributed by atoms with Gasteiger partial charge in [-0.05, 0) is 93.8 Å². The Morgan fingerprint density at radius 1 is 0.823 bits per heavy atom. The maximum absolute atomic E-state index is 14.2. The van der Waals surface area contributed by atoms with E-state index in [0.29, 0.717) is 61.5 Å². The molecule has 322 valence electrons. The lowest BCUT2D eigenvalue weighted by Gasteiger charge is -2.29. The summed E-state index contributed by atoms with van der Waals surface area (Å²) in [5, 5.41) is 8.45. The van der Waals surface area contributed by atoms with Crippen LogP contribution in [0.15, 0.2) is 54.7 Å². The van der Waals surface area contributed by atoms with Gasteiger partial charge in [0, 0.05) is 81.9 Å². The van der Waals surface area contributed by atoms with Gasteiger partial charge < -0.3 is 33.8 Å². The van der Waals surface area contributed by atoms with E-state index in [4.69, 9.17) is 14.2 Å². The van der Waals surface area contributed by atoms with E-state index in [9.17, 15) is 14.4 Å². The molecule has 0 unspecified atom stereocenters. The zero-order valence-electron chi connectivity index (χ0n) is 36.4. The minimum atomic E-state index is -0.432. The Morgan fingerprint density at radius 3 is 2.10 bits per heavy atom. The third-order valence-electron chi connectivity index (χ3n) is 11.9. The summed E-state index contributed by atoms with van der Waals surface area (Å²) >= 11 is 0. The van der Waals surface area contributed by atoms with Crippen LogP contribution in [0.2, 0.25) is 0 Å². The Bertz CT molecular complexity index is 2470. The van der Waals surface area contributed by atoms with Crippen LogP contribution in [0.25, 0.3) is 0 Å². The van der Waals surface area contributed by atoms with E-state index in [1.165, 1.54) is 4.90 Å². The maximum Gasteiger partial charge on any atom is 0.280 e. The quantitative estimate of drug-likeness (QED) is 0.162. The molecule has 3 aliphatic carbocycles. The molecule has 4 fully saturated rings. The Hall–Kier alpha value is -6.22. The Labute approximate surface area is 363 Å². The second-order valence-corrected chi connectivity index (χ2v) is 17.3. The minimum absolute atomic E-state index is 0.151. The van der Waals surface area contributed by atoms with Crippen molar-refractivity contribution >= 4 is 34.8 Å². The molecule has 8 rings (SSSR count). The minimum Gasteiger partial charge on any atom is -0.468 e. The number of carbonyl (C=O) groups excluding carboxylic acids is 3. The van der Waals surface area contributed by atoms with Crippen molar-refractivity contribution in [3.63, 3.8) is 0 Å². The van der Waals surface area contributed by atoms with E-state index < -0.39 is 6.29 Å². The number of carbonyl (C=O) groups is 3. The first-order valence-electron chi connectivity index (χ1n) is 21.4. The first-order valence-corrected chi connectivity index (χ1v) is 21.4. The van der Waals surface area contributed by atoms with Gasteiger partial charge in [0.1, 0.15) is 0 Å². The molecule has 62 heavy (non-hydrogen) atoms. The van der Waals surface area contributed by atoms with E-state index >= 15 is 0 Å². The summed E-state index contributed by atoms with van der Waals surface area (Å²) in [5.74, 6) is 13.8. The van der Waals surface area contributed by atoms with Crippen LogP contribution in [0.5, 0.6) is 5.88 Å². The molecule has 1 spiro atoms. The van der Waals surface area contributed by atoms with E-state index in [1.54, 1.807) is 67.9 Å². The number of rotatable bonds is 13. The molecule has 4 aliphatic rings. The third kappa shape index (κ3) is 10.3. The molecule has 3 heterocycles. The summed E-state index contributed by atoms with van der Waals surface area (Å²) in [6.45, 7) is 3.86. The smallest absolute Gasteiger partial charge is 0.280 e. The van der Waals surface area contributed by atoms with Crippen molar-refractivity contribution < 1.29 is 28.6 Å². The lowest BCUT2D eigenvalue weighted by Crippen LogP contribution is -2.36. The van der Waals surface area contributed by atoms with Crippen molar-refractivity contribution in [1.29, 1.82) is 0 Å². The van der Waals surface area contributed by atoms with Crippen molar-refractivity contribution in [3.05, 3.63) is 88.4 Å². The number of nitrogens with zero attached hydrogens (tertiary/aromatic N) is 8. The summed E-state index contributed by atoms with van der Waals surface area (Å²) in [4.78, 5) is 51.5. The second-order valence-electron chi connectivity index (χ2n) is 17.3. The van der Waals surface area contributed by atoms with Crippen LogP contribution in [0.3, 0.4) is 0 Å². The van der Waals surface area contributed by atoms with Crippen molar-refractivity contribution in [2.45, 2.75) is 64.7 Å². The molecular formula is C48H54N8O6.